The van der Waals surface area contributed by atoms with E-state index in [1.54, 1.807) is 12.1 Å². The lowest BCUT2D eigenvalue weighted by Crippen LogP contribution is -2.45. The number of fused-ring (bicyclic) bond motifs is 1. The molecule has 1 N–H and O–H groups in total. The van der Waals surface area contributed by atoms with Crippen molar-refractivity contribution in [2.24, 2.45) is 11.8 Å². The fraction of sp³-hybridized carbons (Fsp3) is 0.346. The number of nitrogens with one attached hydrogen (secondary N) is 1. The van der Waals surface area contributed by atoms with Crippen LogP contribution in [0, 0.1) is 38.4 Å². The van der Waals surface area contributed by atoms with Crippen LogP contribution in [0.4, 0.5) is 4.39 Å². The number of hydrogen-bond donors (Lipinski definition) is 1. The van der Waals surface area contributed by atoms with Crippen molar-refractivity contribution in [3.05, 3.63) is 75.7 Å². The van der Waals surface area contributed by atoms with Gasteiger partial charge in [0.25, 0.3) is 11.8 Å². The summed E-state index contributed by atoms with van der Waals surface area (Å²) in [6, 6.07) is 12.5. The second-order valence-corrected chi connectivity index (χ2v) is 10.4. The molecule has 5 rings (SSSR count). The van der Waals surface area contributed by atoms with E-state index < -0.39 is 11.7 Å². The summed E-state index contributed by atoms with van der Waals surface area (Å²) >= 11 is 1.52. The minimum atomic E-state index is -0.539. The van der Waals surface area contributed by atoms with Crippen molar-refractivity contribution in [1.82, 2.24) is 15.2 Å². The molecule has 3 aromatic rings. The minimum Gasteiger partial charge on any atom is -0.350 e. The molecular weight excluding hydrogens is 437 g/mol. The van der Waals surface area contributed by atoms with Gasteiger partial charge in [0.2, 0.25) is 0 Å². The van der Waals surface area contributed by atoms with Gasteiger partial charge in [-0.3, -0.25) is 9.59 Å². The number of benzene rings is 2. The molecule has 2 heterocycles. The fourth-order valence-corrected chi connectivity index (χ4v) is 5.77. The van der Waals surface area contributed by atoms with Crippen molar-refractivity contribution in [1.29, 1.82) is 0 Å². The normalized spacial score (nSPS) is 21.1. The number of thiazole rings is 1. The van der Waals surface area contributed by atoms with Crippen LogP contribution in [-0.4, -0.2) is 40.8 Å². The van der Waals surface area contributed by atoms with E-state index in [-0.39, 0.29) is 17.5 Å². The summed E-state index contributed by atoms with van der Waals surface area (Å²) in [5, 5.41) is 3.72. The van der Waals surface area contributed by atoms with E-state index in [0.717, 1.165) is 33.0 Å². The number of aromatic nitrogens is 1. The van der Waals surface area contributed by atoms with Gasteiger partial charge in [-0.2, -0.15) is 0 Å². The maximum atomic E-state index is 14.1. The number of piperidine rings is 1. The Hall–Kier alpha value is -3.06. The molecule has 7 heteroatoms. The Morgan fingerprint density at radius 3 is 2.73 bits per heavy atom. The van der Waals surface area contributed by atoms with Crippen molar-refractivity contribution < 1.29 is 14.0 Å². The number of amides is 2. The lowest BCUT2D eigenvalue weighted by atomic mass is 10.1. The van der Waals surface area contributed by atoms with E-state index in [1.165, 1.54) is 17.4 Å². The van der Waals surface area contributed by atoms with E-state index in [1.807, 2.05) is 43.9 Å². The molecule has 3 atom stereocenters. The molecule has 170 valence electrons. The summed E-state index contributed by atoms with van der Waals surface area (Å²) in [4.78, 5) is 33.6. The van der Waals surface area contributed by atoms with Crippen LogP contribution < -0.4 is 5.32 Å². The number of carbonyl (C=O) groups is 2. The van der Waals surface area contributed by atoms with E-state index in [0.29, 0.717) is 30.6 Å². The predicted octanol–water partition coefficient (Wildman–Crippen LogP) is 4.76. The summed E-state index contributed by atoms with van der Waals surface area (Å²) in [5.41, 5.74) is 3.46. The first-order valence-corrected chi connectivity index (χ1v) is 12.0. The van der Waals surface area contributed by atoms with E-state index >= 15 is 0 Å². The van der Waals surface area contributed by atoms with Gasteiger partial charge in [-0.15, -0.1) is 11.3 Å². The number of rotatable bonds is 5. The molecule has 1 saturated heterocycles. The number of carbonyl (C=O) groups excluding carboxylic acids is 2. The van der Waals surface area contributed by atoms with Crippen LogP contribution in [0.15, 0.2) is 42.5 Å². The van der Waals surface area contributed by atoms with Gasteiger partial charge in [-0.25, -0.2) is 9.37 Å². The largest absolute Gasteiger partial charge is 0.350 e. The van der Waals surface area contributed by atoms with Crippen molar-refractivity contribution in [2.45, 2.75) is 33.2 Å². The molecule has 1 unspecified atom stereocenters. The summed E-state index contributed by atoms with van der Waals surface area (Å²) in [6.45, 7) is 6.75. The molecule has 33 heavy (non-hydrogen) atoms. The monoisotopic (exact) mass is 463 g/mol. The van der Waals surface area contributed by atoms with Gasteiger partial charge in [-0.05, 0) is 56.7 Å². The highest BCUT2D eigenvalue weighted by atomic mass is 32.1. The van der Waals surface area contributed by atoms with Crippen molar-refractivity contribution >= 4 is 23.2 Å². The quantitative estimate of drug-likeness (QED) is 0.593. The molecule has 1 aliphatic heterocycles. The van der Waals surface area contributed by atoms with Crippen LogP contribution in [0.1, 0.15) is 43.4 Å². The summed E-state index contributed by atoms with van der Waals surface area (Å²) < 4.78 is 14.1. The molecule has 2 aliphatic rings. The van der Waals surface area contributed by atoms with E-state index in [2.05, 4.69) is 16.4 Å². The molecule has 5 nitrogen and oxygen atoms in total. The molecule has 2 amide bonds. The fourth-order valence-electron chi connectivity index (χ4n) is 4.86. The molecule has 0 spiro atoms. The second kappa shape index (κ2) is 8.37. The van der Waals surface area contributed by atoms with Crippen LogP contribution in [0.3, 0.4) is 0 Å². The molecule has 0 bridgehead atoms. The molecule has 1 aromatic heterocycles. The Morgan fingerprint density at radius 1 is 1.15 bits per heavy atom. The topological polar surface area (TPSA) is 62.3 Å². The highest BCUT2D eigenvalue weighted by Crippen LogP contribution is 2.50. The van der Waals surface area contributed by atoms with Crippen molar-refractivity contribution in [2.75, 3.05) is 13.1 Å². The van der Waals surface area contributed by atoms with Gasteiger partial charge in [0, 0.05) is 13.1 Å². The Balaban J connectivity index is 1.36. The SMILES string of the molecule is Cc1cccc(-c2sc(C)nc2C(=O)N2C[C@@H]3CC3[C@H]2CNC(=O)c2cc(C)ccc2F)c1. The molecule has 1 saturated carbocycles. The molecule has 0 radical (unpaired) electrons. The van der Waals surface area contributed by atoms with Gasteiger partial charge in [0.15, 0.2) is 0 Å². The number of nitrogens with zero attached hydrogens (tertiary/aromatic N) is 2. The Morgan fingerprint density at radius 2 is 1.94 bits per heavy atom. The number of hydrogen-bond acceptors (Lipinski definition) is 4. The Labute approximate surface area is 196 Å². The number of aryl methyl sites for hydroxylation is 3. The van der Waals surface area contributed by atoms with Gasteiger partial charge < -0.3 is 10.2 Å². The highest BCUT2D eigenvalue weighted by Gasteiger charge is 2.54. The standard InChI is InChI=1S/C26H26FN3O2S/c1-14-5-4-6-17(9-14)24-23(29-16(3)33-24)26(32)30-13-18-11-19(18)22(30)12-28-25(31)20-10-15(2)7-8-21(20)27/h4-10,18-19,22H,11-13H2,1-3H3,(H,28,31)/t18-,19?,22+/m0/s1. The van der Waals surface area contributed by atoms with Gasteiger partial charge in [0.1, 0.15) is 11.5 Å². The molecule has 2 fully saturated rings. The first-order chi connectivity index (χ1) is 15.8. The van der Waals surface area contributed by atoms with Crippen LogP contribution in [0.25, 0.3) is 10.4 Å². The Bertz CT molecular complexity index is 1250. The van der Waals surface area contributed by atoms with Crippen LogP contribution in [0.5, 0.6) is 0 Å². The summed E-state index contributed by atoms with van der Waals surface area (Å²) in [7, 11) is 0. The maximum Gasteiger partial charge on any atom is 0.274 e. The minimum absolute atomic E-state index is 0.0371. The maximum absolute atomic E-state index is 14.1. The van der Waals surface area contributed by atoms with Crippen LogP contribution in [0.2, 0.25) is 0 Å². The number of likely N-dealkylation sites (tertiary alicyclic amines) is 1. The summed E-state index contributed by atoms with van der Waals surface area (Å²) in [6.07, 6.45) is 1.06. The van der Waals surface area contributed by atoms with E-state index in [4.69, 9.17) is 0 Å². The predicted molar refractivity (Wildman–Crippen MR) is 127 cm³/mol. The van der Waals surface area contributed by atoms with Gasteiger partial charge >= 0.3 is 0 Å². The third-order valence-electron chi connectivity index (χ3n) is 6.62. The first-order valence-electron chi connectivity index (χ1n) is 11.2. The van der Waals surface area contributed by atoms with Gasteiger partial charge in [-0.1, -0.05) is 41.5 Å². The zero-order chi connectivity index (χ0) is 23.3. The molecule has 1 aliphatic carbocycles. The van der Waals surface area contributed by atoms with E-state index in [9.17, 15) is 14.0 Å². The molecule has 2 aromatic carbocycles. The van der Waals surface area contributed by atoms with Crippen molar-refractivity contribution in [3.8, 4) is 10.4 Å². The smallest absolute Gasteiger partial charge is 0.274 e. The second-order valence-electron chi connectivity index (χ2n) is 9.16. The third kappa shape index (κ3) is 4.17. The van der Waals surface area contributed by atoms with Crippen LogP contribution >= 0.6 is 11.3 Å². The third-order valence-corrected chi connectivity index (χ3v) is 7.64. The van der Waals surface area contributed by atoms with Gasteiger partial charge in [0.05, 0.1) is 21.5 Å². The number of halogens is 1. The zero-order valence-electron chi connectivity index (χ0n) is 18.9. The zero-order valence-corrected chi connectivity index (χ0v) is 19.7. The highest BCUT2D eigenvalue weighted by molar-refractivity contribution is 7.15. The first kappa shape index (κ1) is 21.8. The van der Waals surface area contributed by atoms with Crippen molar-refractivity contribution in [3.63, 3.8) is 0 Å². The van der Waals surface area contributed by atoms with Crippen LogP contribution in [-0.2, 0) is 0 Å². The lowest BCUT2D eigenvalue weighted by Gasteiger charge is -2.27. The average Bonchev–Trinajstić information content (AvgIpc) is 3.30. The molecular formula is C26H26FN3O2S. The average molecular weight is 464 g/mol. The Kier molecular flexibility index (Phi) is 5.52. The summed E-state index contributed by atoms with van der Waals surface area (Å²) in [5.74, 6) is -0.239. The lowest BCUT2D eigenvalue weighted by molar-refractivity contribution is 0.0690.